The molecule has 0 saturated carbocycles. The second-order valence-corrected chi connectivity index (χ2v) is 6.40. The minimum Gasteiger partial charge on any atom is -0.293 e. The monoisotopic (exact) mass is 369 g/mol. The molecule has 0 unspecified atom stereocenters. The maximum Gasteiger partial charge on any atom is 0.0441 e. The fourth-order valence-electron chi connectivity index (χ4n) is 2.30. The lowest BCUT2D eigenvalue weighted by Gasteiger charge is -2.13. The zero-order valence-corrected chi connectivity index (χ0v) is 18.0. The van der Waals surface area contributed by atoms with Crippen molar-refractivity contribution >= 4 is 17.3 Å². The molecule has 1 nitrogen and oxygen atoms in total. The topological polar surface area (TPSA) is 12.4 Å². The van der Waals surface area contributed by atoms with E-state index in [1.807, 2.05) is 78.0 Å². The van der Waals surface area contributed by atoms with Gasteiger partial charge in [0.05, 0.1) is 0 Å². The van der Waals surface area contributed by atoms with E-state index in [4.69, 9.17) is 11.6 Å². The lowest BCUT2D eigenvalue weighted by molar-refractivity contribution is 1.33. The molecule has 0 aliphatic heterocycles. The summed E-state index contributed by atoms with van der Waals surface area (Å²) in [6.45, 7) is 20.1. The SMILES string of the molecule is C=C(C)C(=C\C)/C=C(C(=C)C)/C(=C/C=C/C(=C/C)C(C)=NC)C(/Cl)=C\C. The lowest BCUT2D eigenvalue weighted by atomic mass is 9.94. The highest BCUT2D eigenvalue weighted by molar-refractivity contribution is 6.32. The van der Waals surface area contributed by atoms with Gasteiger partial charge >= 0.3 is 0 Å². The standard InChI is InChI=1S/C24H32ClN/c1-10-20(19(8)26-9)14-13-15-22(24(25)12-3)23(18(6)7)16-21(11-2)17(4)5/h10-16H,4,6H2,1-3,5,7-9H3/b14-13+,20-10-,21-11-,22-15-,23-16+,24-12+,26-19?. The summed E-state index contributed by atoms with van der Waals surface area (Å²) in [5.74, 6) is 0. The second-order valence-electron chi connectivity index (χ2n) is 5.99. The van der Waals surface area contributed by atoms with Gasteiger partial charge in [0.2, 0.25) is 0 Å². The zero-order chi connectivity index (χ0) is 20.3. The third-order valence-corrected chi connectivity index (χ3v) is 4.39. The van der Waals surface area contributed by atoms with E-state index in [2.05, 4.69) is 24.2 Å². The van der Waals surface area contributed by atoms with Crippen molar-refractivity contribution in [1.82, 2.24) is 0 Å². The van der Waals surface area contributed by atoms with Crippen LogP contribution in [0, 0.1) is 0 Å². The molecular formula is C24H32ClN. The molecular weight excluding hydrogens is 338 g/mol. The number of nitrogens with zero attached hydrogens (tertiary/aromatic N) is 1. The molecule has 0 aliphatic carbocycles. The fraction of sp³-hybridized carbons (Fsp3) is 0.292. The number of rotatable bonds is 8. The Morgan fingerprint density at radius 3 is 1.81 bits per heavy atom. The number of allylic oxidation sites excluding steroid dienone is 14. The maximum absolute atomic E-state index is 6.51. The van der Waals surface area contributed by atoms with Gasteiger partial charge in [-0.1, -0.05) is 72.4 Å². The van der Waals surface area contributed by atoms with Crippen molar-refractivity contribution in [3.05, 3.63) is 94.2 Å². The number of hydrogen-bond acceptors (Lipinski definition) is 1. The van der Waals surface area contributed by atoms with Crippen LogP contribution in [0.2, 0.25) is 0 Å². The summed E-state index contributed by atoms with van der Waals surface area (Å²) in [5, 5.41) is 0.684. The van der Waals surface area contributed by atoms with Crippen molar-refractivity contribution in [2.45, 2.75) is 41.5 Å². The summed E-state index contributed by atoms with van der Waals surface area (Å²) in [6, 6.07) is 0. The first-order valence-electron chi connectivity index (χ1n) is 8.74. The van der Waals surface area contributed by atoms with Gasteiger partial charge in [-0.05, 0) is 64.3 Å². The molecule has 0 aromatic rings. The van der Waals surface area contributed by atoms with Crippen LogP contribution in [-0.2, 0) is 0 Å². The number of aliphatic imine (C=N–C) groups is 1. The average Bonchev–Trinajstić information content (AvgIpc) is 2.61. The summed E-state index contributed by atoms with van der Waals surface area (Å²) in [4.78, 5) is 4.24. The van der Waals surface area contributed by atoms with Gasteiger partial charge in [0.25, 0.3) is 0 Å². The smallest absolute Gasteiger partial charge is 0.0441 e. The molecule has 0 spiro atoms. The van der Waals surface area contributed by atoms with Crippen LogP contribution in [0.5, 0.6) is 0 Å². The fourth-order valence-corrected chi connectivity index (χ4v) is 2.46. The molecule has 0 fully saturated rings. The average molecular weight is 370 g/mol. The van der Waals surface area contributed by atoms with Gasteiger partial charge in [-0.15, -0.1) is 0 Å². The van der Waals surface area contributed by atoms with E-state index in [-0.39, 0.29) is 0 Å². The Kier molecular flexibility index (Phi) is 11.3. The molecule has 0 aromatic carbocycles. The predicted octanol–water partition coefficient (Wildman–Crippen LogP) is 7.67. The molecule has 140 valence electrons. The Morgan fingerprint density at radius 1 is 0.846 bits per heavy atom. The molecule has 26 heavy (non-hydrogen) atoms. The second kappa shape index (κ2) is 12.3. The zero-order valence-electron chi connectivity index (χ0n) is 17.3. The number of halogens is 1. The molecule has 0 bridgehead atoms. The quantitative estimate of drug-likeness (QED) is 0.307. The van der Waals surface area contributed by atoms with E-state index in [0.29, 0.717) is 5.03 Å². The Labute approximate surface area is 165 Å². The van der Waals surface area contributed by atoms with Crippen molar-refractivity contribution in [1.29, 1.82) is 0 Å². The van der Waals surface area contributed by atoms with Gasteiger partial charge in [0, 0.05) is 23.4 Å². The first-order valence-corrected chi connectivity index (χ1v) is 9.11. The molecule has 0 saturated heterocycles. The minimum absolute atomic E-state index is 0.684. The van der Waals surface area contributed by atoms with Gasteiger partial charge in [0.1, 0.15) is 0 Å². The van der Waals surface area contributed by atoms with Gasteiger partial charge in [-0.3, -0.25) is 4.99 Å². The summed E-state index contributed by atoms with van der Waals surface area (Å²) in [7, 11) is 1.79. The molecule has 0 atom stereocenters. The predicted molar refractivity (Wildman–Crippen MR) is 121 cm³/mol. The first-order chi connectivity index (χ1) is 12.2. The van der Waals surface area contributed by atoms with E-state index in [1.165, 1.54) is 0 Å². The van der Waals surface area contributed by atoms with E-state index < -0.39 is 0 Å². The van der Waals surface area contributed by atoms with Crippen LogP contribution in [0.4, 0.5) is 0 Å². The van der Waals surface area contributed by atoms with Crippen molar-refractivity contribution in [3.63, 3.8) is 0 Å². The van der Waals surface area contributed by atoms with Crippen LogP contribution in [0.15, 0.2) is 99.2 Å². The summed E-state index contributed by atoms with van der Waals surface area (Å²) in [6.07, 6.45) is 14.1. The van der Waals surface area contributed by atoms with Crippen molar-refractivity contribution in [2.24, 2.45) is 4.99 Å². The first kappa shape index (κ1) is 23.9. The Hall–Kier alpha value is -2.12. The van der Waals surface area contributed by atoms with Crippen LogP contribution in [0.3, 0.4) is 0 Å². The van der Waals surface area contributed by atoms with Crippen LogP contribution in [-0.4, -0.2) is 12.8 Å². The summed E-state index contributed by atoms with van der Waals surface area (Å²) < 4.78 is 0. The molecule has 0 N–H and O–H groups in total. The summed E-state index contributed by atoms with van der Waals surface area (Å²) in [5.41, 5.74) is 7.02. The maximum atomic E-state index is 6.51. The molecule has 0 rings (SSSR count). The van der Waals surface area contributed by atoms with Gasteiger partial charge < -0.3 is 0 Å². The van der Waals surface area contributed by atoms with Crippen LogP contribution in [0.1, 0.15) is 41.5 Å². The normalized spacial score (nSPS) is 15.7. The Balaban J connectivity index is 6.27. The largest absolute Gasteiger partial charge is 0.293 e. The molecule has 0 amide bonds. The lowest BCUT2D eigenvalue weighted by Crippen LogP contribution is -1.95. The highest BCUT2D eigenvalue weighted by Crippen LogP contribution is 2.30. The molecule has 0 aliphatic rings. The Morgan fingerprint density at radius 2 is 1.42 bits per heavy atom. The van der Waals surface area contributed by atoms with E-state index in [1.54, 1.807) is 7.05 Å². The highest BCUT2D eigenvalue weighted by atomic mass is 35.5. The minimum atomic E-state index is 0.684. The van der Waals surface area contributed by atoms with Crippen LogP contribution >= 0.6 is 11.6 Å². The molecule has 0 radical (unpaired) electrons. The van der Waals surface area contributed by atoms with Gasteiger partial charge in [-0.2, -0.15) is 0 Å². The molecule has 2 heteroatoms. The third kappa shape index (κ3) is 7.41. The third-order valence-electron chi connectivity index (χ3n) is 3.97. The van der Waals surface area contributed by atoms with Gasteiger partial charge in [-0.25, -0.2) is 0 Å². The van der Waals surface area contributed by atoms with Crippen molar-refractivity contribution in [3.8, 4) is 0 Å². The molecule has 0 aromatic heterocycles. The van der Waals surface area contributed by atoms with E-state index >= 15 is 0 Å². The van der Waals surface area contributed by atoms with Crippen molar-refractivity contribution < 1.29 is 0 Å². The van der Waals surface area contributed by atoms with E-state index in [9.17, 15) is 0 Å². The van der Waals surface area contributed by atoms with Crippen LogP contribution in [0.25, 0.3) is 0 Å². The van der Waals surface area contributed by atoms with Crippen LogP contribution < -0.4 is 0 Å². The molecule has 0 heterocycles. The number of hydrogen-bond donors (Lipinski definition) is 0. The highest BCUT2D eigenvalue weighted by Gasteiger charge is 2.10. The van der Waals surface area contributed by atoms with Gasteiger partial charge in [0.15, 0.2) is 0 Å². The Bertz CT molecular complexity index is 747. The van der Waals surface area contributed by atoms with Crippen molar-refractivity contribution in [2.75, 3.05) is 7.05 Å². The summed E-state index contributed by atoms with van der Waals surface area (Å²) >= 11 is 6.51. The van der Waals surface area contributed by atoms with E-state index in [0.717, 1.165) is 39.2 Å².